The van der Waals surface area contributed by atoms with Crippen molar-refractivity contribution in [2.75, 3.05) is 27.2 Å². The van der Waals surface area contributed by atoms with Gasteiger partial charge < -0.3 is 10.2 Å². The van der Waals surface area contributed by atoms with Crippen LogP contribution in [0.2, 0.25) is 0 Å². The molecule has 2 N–H and O–H groups in total. The second-order valence-corrected chi connectivity index (χ2v) is 4.99. The minimum absolute atomic E-state index is 0.359. The first-order valence-electron chi connectivity index (χ1n) is 3.79. The highest BCUT2D eigenvalue weighted by atomic mass is 32.2. The summed E-state index contributed by atoms with van der Waals surface area (Å²) in [5.41, 5.74) is 0. The minimum Gasteiger partial charge on any atom is -0.480 e. The fourth-order valence-electron chi connectivity index (χ4n) is 0.752. The highest BCUT2D eigenvalue weighted by Gasteiger charge is 2.28. The van der Waals surface area contributed by atoms with Crippen LogP contribution >= 0.6 is 0 Å². The summed E-state index contributed by atoms with van der Waals surface area (Å²) in [7, 11) is -1.65. The summed E-state index contributed by atoms with van der Waals surface area (Å²) in [4.78, 5) is 20.7. The Morgan fingerprint density at radius 3 is 1.60 bits per heavy atom. The maximum atomic E-state index is 11.4. The van der Waals surface area contributed by atoms with Crippen molar-refractivity contribution in [3.63, 3.8) is 0 Å². The minimum atomic E-state index is -4.02. The van der Waals surface area contributed by atoms with Gasteiger partial charge in [0.1, 0.15) is 13.1 Å². The van der Waals surface area contributed by atoms with Crippen molar-refractivity contribution in [1.82, 2.24) is 8.61 Å². The van der Waals surface area contributed by atoms with Crippen LogP contribution in [0.1, 0.15) is 0 Å². The van der Waals surface area contributed by atoms with Crippen molar-refractivity contribution >= 4 is 22.1 Å². The molecule has 0 saturated heterocycles. The molecule has 0 aromatic rings. The summed E-state index contributed by atoms with van der Waals surface area (Å²) < 4.78 is 24.0. The Hall–Kier alpha value is -1.19. The lowest BCUT2D eigenvalue weighted by atomic mass is 10.6. The molecule has 0 radical (unpaired) electrons. The molecule has 0 unspecified atom stereocenters. The van der Waals surface area contributed by atoms with Gasteiger partial charge in [-0.15, -0.1) is 0 Å². The third kappa shape index (κ3) is 4.23. The Labute approximate surface area is 86.9 Å². The van der Waals surface area contributed by atoms with Crippen molar-refractivity contribution < 1.29 is 28.2 Å². The van der Waals surface area contributed by atoms with Gasteiger partial charge in [0.25, 0.3) is 10.2 Å². The van der Waals surface area contributed by atoms with Gasteiger partial charge in [-0.3, -0.25) is 9.59 Å². The van der Waals surface area contributed by atoms with Crippen molar-refractivity contribution in [2.45, 2.75) is 0 Å². The fraction of sp³-hybridized carbons (Fsp3) is 0.667. The molecule has 0 spiro atoms. The summed E-state index contributed by atoms with van der Waals surface area (Å²) in [5, 5.41) is 16.8. The lowest BCUT2D eigenvalue weighted by molar-refractivity contribution is -0.139. The van der Waals surface area contributed by atoms with E-state index in [4.69, 9.17) is 10.2 Å². The smallest absolute Gasteiger partial charge is 0.318 e. The molecule has 15 heavy (non-hydrogen) atoms. The van der Waals surface area contributed by atoms with Crippen LogP contribution in [-0.2, 0) is 19.8 Å². The highest BCUT2D eigenvalue weighted by molar-refractivity contribution is 7.86. The van der Waals surface area contributed by atoms with Crippen LogP contribution in [0.15, 0.2) is 0 Å². The van der Waals surface area contributed by atoms with Crippen molar-refractivity contribution in [2.24, 2.45) is 0 Å². The number of hydrogen-bond donors (Lipinski definition) is 2. The van der Waals surface area contributed by atoms with Crippen LogP contribution in [0.25, 0.3) is 0 Å². The summed E-state index contributed by atoms with van der Waals surface area (Å²) in [6.07, 6.45) is 0. The molecule has 8 nitrogen and oxygen atoms in total. The van der Waals surface area contributed by atoms with Gasteiger partial charge in [0.05, 0.1) is 0 Å². The van der Waals surface area contributed by atoms with Crippen LogP contribution in [0.5, 0.6) is 0 Å². The van der Waals surface area contributed by atoms with Crippen LogP contribution in [-0.4, -0.2) is 66.4 Å². The van der Waals surface area contributed by atoms with Gasteiger partial charge in [-0.1, -0.05) is 0 Å². The van der Waals surface area contributed by atoms with Crippen molar-refractivity contribution in [3.8, 4) is 0 Å². The predicted molar refractivity (Wildman–Crippen MR) is 49.5 cm³/mol. The number of nitrogens with zero attached hydrogens (tertiary/aromatic N) is 2. The van der Waals surface area contributed by atoms with E-state index in [1.165, 1.54) is 14.1 Å². The zero-order valence-corrected chi connectivity index (χ0v) is 9.06. The zero-order chi connectivity index (χ0) is 12.2. The molecular weight excluding hydrogens is 228 g/mol. The van der Waals surface area contributed by atoms with Crippen LogP contribution in [0.4, 0.5) is 0 Å². The first kappa shape index (κ1) is 13.8. The number of carboxylic acids is 2. The summed E-state index contributed by atoms with van der Waals surface area (Å²) in [6, 6.07) is 0. The monoisotopic (exact) mass is 240 g/mol. The summed E-state index contributed by atoms with van der Waals surface area (Å²) >= 11 is 0. The third-order valence-corrected chi connectivity index (χ3v) is 3.24. The van der Waals surface area contributed by atoms with Crippen molar-refractivity contribution in [3.05, 3.63) is 0 Å². The lowest BCUT2D eigenvalue weighted by Gasteiger charge is -2.21. The molecular formula is C6H12N2O6S. The molecule has 0 fully saturated rings. The second kappa shape index (κ2) is 5.05. The molecule has 0 heterocycles. The molecule has 0 aromatic carbocycles. The molecule has 9 heteroatoms. The Kier molecular flexibility index (Phi) is 4.65. The Bertz CT molecular complexity index is 333. The zero-order valence-electron chi connectivity index (χ0n) is 8.24. The van der Waals surface area contributed by atoms with E-state index in [0.717, 1.165) is 4.31 Å². The van der Waals surface area contributed by atoms with E-state index in [2.05, 4.69) is 0 Å². The number of hydrogen-bond acceptors (Lipinski definition) is 4. The van der Waals surface area contributed by atoms with Crippen LogP contribution < -0.4 is 0 Å². The van der Waals surface area contributed by atoms with Gasteiger partial charge in [-0.2, -0.15) is 17.0 Å². The predicted octanol–water partition coefficient (Wildman–Crippen LogP) is -1.74. The van der Waals surface area contributed by atoms with Crippen molar-refractivity contribution in [1.29, 1.82) is 0 Å². The van der Waals surface area contributed by atoms with Gasteiger partial charge in [0.2, 0.25) is 0 Å². The number of carbonyl (C=O) groups is 2. The van der Waals surface area contributed by atoms with Gasteiger partial charge in [-0.05, 0) is 0 Å². The average molecular weight is 240 g/mol. The molecule has 0 rings (SSSR count). The topological polar surface area (TPSA) is 115 Å². The van der Waals surface area contributed by atoms with E-state index < -0.39 is 35.2 Å². The van der Waals surface area contributed by atoms with Gasteiger partial charge in [0, 0.05) is 14.1 Å². The van der Waals surface area contributed by atoms with Gasteiger partial charge in [0.15, 0.2) is 0 Å². The average Bonchev–Trinajstić information content (AvgIpc) is 2.00. The van der Waals surface area contributed by atoms with E-state index in [9.17, 15) is 18.0 Å². The number of aliphatic carboxylic acids is 2. The molecule has 0 amide bonds. The number of carboxylic acid groups (broad SMARTS) is 2. The van der Waals surface area contributed by atoms with E-state index in [0.29, 0.717) is 4.31 Å². The van der Waals surface area contributed by atoms with E-state index >= 15 is 0 Å². The SMILES string of the molecule is CN(C)S(=O)(=O)N(CC(=O)O)CC(=O)O. The molecule has 0 atom stereocenters. The van der Waals surface area contributed by atoms with Gasteiger partial charge >= 0.3 is 11.9 Å². The lowest BCUT2D eigenvalue weighted by Crippen LogP contribution is -2.45. The Balaban J connectivity index is 4.93. The van der Waals surface area contributed by atoms with Crippen LogP contribution in [0.3, 0.4) is 0 Å². The largest absolute Gasteiger partial charge is 0.480 e. The quantitative estimate of drug-likeness (QED) is 0.569. The third-order valence-electron chi connectivity index (χ3n) is 1.41. The molecule has 0 saturated carbocycles. The van der Waals surface area contributed by atoms with Crippen LogP contribution in [0, 0.1) is 0 Å². The van der Waals surface area contributed by atoms with E-state index in [-0.39, 0.29) is 0 Å². The molecule has 0 aliphatic rings. The Morgan fingerprint density at radius 2 is 1.40 bits per heavy atom. The highest BCUT2D eigenvalue weighted by Crippen LogP contribution is 2.03. The summed E-state index contributed by atoms with van der Waals surface area (Å²) in [6.45, 7) is -1.76. The van der Waals surface area contributed by atoms with Gasteiger partial charge in [-0.25, -0.2) is 0 Å². The second-order valence-electron chi connectivity index (χ2n) is 2.85. The Morgan fingerprint density at radius 1 is 1.07 bits per heavy atom. The molecule has 0 aliphatic carbocycles. The normalized spacial score (nSPS) is 12.0. The molecule has 88 valence electrons. The standard InChI is InChI=1S/C6H12N2O6S/c1-7(2)15(13,14)8(3-5(9)10)4-6(11)12/h3-4H2,1-2H3,(H,9,10)(H,11,12). The van der Waals surface area contributed by atoms with E-state index in [1.54, 1.807) is 0 Å². The maximum absolute atomic E-state index is 11.4. The fourth-order valence-corrected chi connectivity index (χ4v) is 1.76. The number of rotatable bonds is 6. The molecule has 0 aromatic heterocycles. The summed E-state index contributed by atoms with van der Waals surface area (Å²) in [5.74, 6) is -2.83. The first-order chi connectivity index (χ1) is 6.67. The maximum Gasteiger partial charge on any atom is 0.318 e. The van der Waals surface area contributed by atoms with E-state index in [1.807, 2.05) is 0 Å². The first-order valence-corrected chi connectivity index (χ1v) is 5.18. The molecule has 0 aliphatic heterocycles. The molecule has 0 bridgehead atoms.